The molecule has 0 fully saturated rings. The lowest BCUT2D eigenvalue weighted by Gasteiger charge is -2.11. The number of phenols is 1. The van der Waals surface area contributed by atoms with E-state index >= 15 is 0 Å². The number of benzene rings is 2. The molecule has 0 unspecified atom stereocenters. The van der Waals surface area contributed by atoms with E-state index in [2.05, 4.69) is 4.99 Å². The topological polar surface area (TPSA) is 52.8 Å². The molecule has 0 aliphatic heterocycles. The Balaban J connectivity index is 2.08. The molecule has 0 spiro atoms. The number of aliphatic hydroxyl groups excluding tert-OH is 1. The van der Waals surface area contributed by atoms with Crippen molar-refractivity contribution in [2.24, 2.45) is 4.99 Å². The first-order valence-electron chi connectivity index (χ1n) is 6.18. The summed E-state index contributed by atoms with van der Waals surface area (Å²) in [6.07, 6.45) is -0.782. The number of nitrogens with zero attached hydrogens (tertiary/aromatic N) is 1. The Bertz CT molecular complexity index is 564. The maximum atomic E-state index is 10.1. The highest BCUT2D eigenvalue weighted by molar-refractivity contribution is 5.87. The van der Waals surface area contributed by atoms with E-state index in [-0.39, 0.29) is 5.75 Å². The Kier molecular flexibility index (Phi) is 4.31. The van der Waals surface area contributed by atoms with Crippen LogP contribution in [0.5, 0.6) is 5.75 Å². The van der Waals surface area contributed by atoms with E-state index in [0.29, 0.717) is 17.8 Å². The summed E-state index contributed by atoms with van der Waals surface area (Å²) in [5.74, 6) is 0.146. The van der Waals surface area contributed by atoms with Gasteiger partial charge in [0, 0.05) is 5.71 Å². The van der Waals surface area contributed by atoms with Gasteiger partial charge in [0.1, 0.15) is 11.9 Å². The normalized spacial score (nSPS) is 13.3. The zero-order valence-electron chi connectivity index (χ0n) is 10.8. The monoisotopic (exact) mass is 255 g/mol. The first-order chi connectivity index (χ1) is 9.16. The minimum atomic E-state index is -0.782. The van der Waals surface area contributed by atoms with Crippen molar-refractivity contribution in [2.75, 3.05) is 0 Å². The van der Waals surface area contributed by atoms with Crippen LogP contribution in [-0.4, -0.2) is 15.9 Å². The third kappa shape index (κ3) is 3.66. The summed E-state index contributed by atoms with van der Waals surface area (Å²) in [4.78, 5) is 4.39. The number of aliphatic hydroxyl groups is 1. The minimum absolute atomic E-state index is 0.146. The number of aliphatic imine (C=N–C) groups is 1. The Morgan fingerprint density at radius 1 is 1.11 bits per heavy atom. The molecule has 0 amide bonds. The van der Waals surface area contributed by atoms with Crippen molar-refractivity contribution in [3.8, 4) is 5.75 Å². The van der Waals surface area contributed by atoms with Crippen LogP contribution in [-0.2, 0) is 6.54 Å². The quantitative estimate of drug-likeness (QED) is 0.825. The van der Waals surface area contributed by atoms with Gasteiger partial charge in [-0.25, -0.2) is 0 Å². The summed E-state index contributed by atoms with van der Waals surface area (Å²) < 4.78 is 0. The van der Waals surface area contributed by atoms with Crippen LogP contribution in [0.15, 0.2) is 59.6 Å². The zero-order chi connectivity index (χ0) is 13.7. The van der Waals surface area contributed by atoms with E-state index in [9.17, 15) is 10.2 Å². The summed E-state index contributed by atoms with van der Waals surface area (Å²) in [5, 5.41) is 19.6. The van der Waals surface area contributed by atoms with E-state index in [1.54, 1.807) is 31.2 Å². The first-order valence-corrected chi connectivity index (χ1v) is 6.18. The van der Waals surface area contributed by atoms with Crippen molar-refractivity contribution < 1.29 is 10.2 Å². The maximum Gasteiger partial charge on any atom is 0.116 e. The number of phenolic OH excluding ortho intramolecular Hbond substituents is 1. The fraction of sp³-hybridized carbons (Fsp3) is 0.188. The molecule has 19 heavy (non-hydrogen) atoms. The van der Waals surface area contributed by atoms with Gasteiger partial charge in [0.15, 0.2) is 0 Å². The van der Waals surface area contributed by atoms with Crippen LogP contribution in [0.4, 0.5) is 0 Å². The molecule has 0 aliphatic carbocycles. The van der Waals surface area contributed by atoms with Gasteiger partial charge >= 0.3 is 0 Å². The molecule has 3 heteroatoms. The van der Waals surface area contributed by atoms with E-state index in [0.717, 1.165) is 5.56 Å². The molecular weight excluding hydrogens is 238 g/mol. The van der Waals surface area contributed by atoms with Gasteiger partial charge < -0.3 is 10.2 Å². The molecule has 3 nitrogen and oxygen atoms in total. The molecule has 2 aromatic rings. The second-order valence-corrected chi connectivity index (χ2v) is 4.44. The van der Waals surface area contributed by atoms with Crippen LogP contribution >= 0.6 is 0 Å². The third-order valence-corrected chi connectivity index (χ3v) is 2.94. The Labute approximate surface area is 112 Å². The molecule has 0 radical (unpaired) electrons. The number of hydrogen-bond donors (Lipinski definition) is 2. The fourth-order valence-electron chi connectivity index (χ4n) is 1.82. The van der Waals surface area contributed by atoms with Crippen LogP contribution in [0.3, 0.4) is 0 Å². The SMILES string of the molecule is CC(=NCc1ccccc1)[C@H](O)c1cccc(O)c1. The fourth-order valence-corrected chi connectivity index (χ4v) is 1.82. The number of aromatic hydroxyl groups is 1. The molecule has 0 saturated carbocycles. The molecule has 1 atom stereocenters. The highest BCUT2D eigenvalue weighted by Gasteiger charge is 2.11. The maximum absolute atomic E-state index is 10.1. The molecular formula is C16H17NO2. The number of rotatable bonds is 4. The molecule has 0 aromatic heterocycles. The van der Waals surface area contributed by atoms with Crippen LogP contribution in [0.25, 0.3) is 0 Å². The third-order valence-electron chi connectivity index (χ3n) is 2.94. The lowest BCUT2D eigenvalue weighted by Crippen LogP contribution is -2.08. The zero-order valence-corrected chi connectivity index (χ0v) is 10.8. The lowest BCUT2D eigenvalue weighted by atomic mass is 10.1. The van der Waals surface area contributed by atoms with Crippen molar-refractivity contribution in [3.63, 3.8) is 0 Å². The molecule has 0 heterocycles. The summed E-state index contributed by atoms with van der Waals surface area (Å²) >= 11 is 0. The molecule has 2 N–H and O–H groups in total. The Morgan fingerprint density at radius 2 is 1.84 bits per heavy atom. The van der Waals surface area contributed by atoms with Gasteiger partial charge in [-0.15, -0.1) is 0 Å². The smallest absolute Gasteiger partial charge is 0.116 e. The summed E-state index contributed by atoms with van der Waals surface area (Å²) in [7, 11) is 0. The molecule has 2 aromatic carbocycles. The van der Waals surface area contributed by atoms with Gasteiger partial charge in [0.2, 0.25) is 0 Å². The van der Waals surface area contributed by atoms with Crippen molar-refractivity contribution in [2.45, 2.75) is 19.6 Å². The van der Waals surface area contributed by atoms with Crippen LogP contribution in [0, 0.1) is 0 Å². The predicted octanol–water partition coefficient (Wildman–Crippen LogP) is 3.09. The van der Waals surface area contributed by atoms with Gasteiger partial charge in [-0.2, -0.15) is 0 Å². The molecule has 0 aliphatic rings. The summed E-state index contributed by atoms with van der Waals surface area (Å²) in [5.41, 5.74) is 2.38. The number of hydrogen-bond acceptors (Lipinski definition) is 3. The Morgan fingerprint density at radius 3 is 2.53 bits per heavy atom. The predicted molar refractivity (Wildman–Crippen MR) is 76.3 cm³/mol. The summed E-state index contributed by atoms with van der Waals surface area (Å²) in [6, 6.07) is 16.5. The van der Waals surface area contributed by atoms with E-state index in [1.165, 1.54) is 0 Å². The lowest BCUT2D eigenvalue weighted by molar-refractivity contribution is 0.246. The molecule has 0 saturated heterocycles. The van der Waals surface area contributed by atoms with Gasteiger partial charge in [-0.3, -0.25) is 4.99 Å². The van der Waals surface area contributed by atoms with Crippen LogP contribution in [0.1, 0.15) is 24.2 Å². The average molecular weight is 255 g/mol. The van der Waals surface area contributed by atoms with E-state index in [4.69, 9.17) is 0 Å². The highest BCUT2D eigenvalue weighted by atomic mass is 16.3. The van der Waals surface area contributed by atoms with Crippen LogP contribution < -0.4 is 0 Å². The van der Waals surface area contributed by atoms with Crippen LogP contribution in [0.2, 0.25) is 0 Å². The largest absolute Gasteiger partial charge is 0.508 e. The van der Waals surface area contributed by atoms with Crippen molar-refractivity contribution in [3.05, 3.63) is 65.7 Å². The van der Waals surface area contributed by atoms with E-state index < -0.39 is 6.10 Å². The van der Waals surface area contributed by atoms with Gasteiger partial charge in [-0.05, 0) is 30.2 Å². The van der Waals surface area contributed by atoms with Crippen molar-refractivity contribution in [1.82, 2.24) is 0 Å². The van der Waals surface area contributed by atoms with Gasteiger partial charge in [-0.1, -0.05) is 42.5 Å². The second-order valence-electron chi connectivity index (χ2n) is 4.44. The van der Waals surface area contributed by atoms with Crippen molar-refractivity contribution in [1.29, 1.82) is 0 Å². The first kappa shape index (κ1) is 13.3. The molecule has 98 valence electrons. The minimum Gasteiger partial charge on any atom is -0.508 e. The Hall–Kier alpha value is -2.13. The molecule has 2 rings (SSSR count). The average Bonchev–Trinajstić information content (AvgIpc) is 2.45. The van der Waals surface area contributed by atoms with E-state index in [1.807, 2.05) is 30.3 Å². The molecule has 0 bridgehead atoms. The summed E-state index contributed by atoms with van der Waals surface area (Å²) in [6.45, 7) is 2.33. The standard InChI is InChI=1S/C16H17NO2/c1-12(17-11-13-6-3-2-4-7-13)16(19)14-8-5-9-15(18)10-14/h2-10,16,18-19H,11H2,1H3/t16-/m0/s1. The van der Waals surface area contributed by atoms with Gasteiger partial charge in [0.25, 0.3) is 0 Å². The van der Waals surface area contributed by atoms with Crippen molar-refractivity contribution >= 4 is 5.71 Å². The van der Waals surface area contributed by atoms with Gasteiger partial charge in [0.05, 0.1) is 6.54 Å². The second kappa shape index (κ2) is 6.16. The highest BCUT2D eigenvalue weighted by Crippen LogP contribution is 2.19.